The van der Waals surface area contributed by atoms with E-state index in [0.29, 0.717) is 24.9 Å². The first-order valence-corrected chi connectivity index (χ1v) is 6.92. The van der Waals surface area contributed by atoms with Gasteiger partial charge in [-0.15, -0.1) is 0 Å². The van der Waals surface area contributed by atoms with Gasteiger partial charge in [0.05, 0.1) is 19.3 Å². The van der Waals surface area contributed by atoms with Crippen molar-refractivity contribution in [2.24, 2.45) is 0 Å². The number of carbonyl (C=O) groups excluding carboxylic acids is 1. The molecule has 1 aromatic carbocycles. The number of morpholine rings is 1. The van der Waals surface area contributed by atoms with Crippen LogP contribution in [-0.2, 0) is 4.74 Å². The highest BCUT2D eigenvalue weighted by Gasteiger charge is 2.36. The monoisotopic (exact) mass is 279 g/mol. The zero-order valence-electron chi connectivity index (χ0n) is 11.5. The molecule has 2 unspecified atom stereocenters. The Morgan fingerprint density at radius 3 is 3.15 bits per heavy atom. The fourth-order valence-electron chi connectivity index (χ4n) is 3.02. The van der Waals surface area contributed by atoms with Crippen molar-refractivity contribution in [2.45, 2.75) is 25.0 Å². The average Bonchev–Trinajstić information content (AvgIpc) is 2.93. The van der Waals surface area contributed by atoms with Crippen molar-refractivity contribution in [3.05, 3.63) is 29.6 Å². The number of Topliss-reactive ketones (excluding diaryl/α,β-unsaturated/α-hetero) is 1. The highest BCUT2D eigenvalue weighted by molar-refractivity contribution is 6.02. The number of nitrogens with zero attached hydrogens (tertiary/aromatic N) is 1. The summed E-state index contributed by atoms with van der Waals surface area (Å²) in [6.45, 7) is 2.18. The van der Waals surface area contributed by atoms with Gasteiger partial charge in [-0.05, 0) is 37.6 Å². The molecule has 0 saturated carbocycles. The van der Waals surface area contributed by atoms with Crippen molar-refractivity contribution in [3.8, 4) is 5.75 Å². The van der Waals surface area contributed by atoms with Crippen LogP contribution in [-0.4, -0.2) is 49.6 Å². The number of hydrogen-bond acceptors (Lipinski definition) is 4. The van der Waals surface area contributed by atoms with Gasteiger partial charge in [-0.2, -0.15) is 0 Å². The fraction of sp³-hybridized carbons (Fsp3) is 0.533. The Morgan fingerprint density at radius 1 is 1.50 bits per heavy atom. The van der Waals surface area contributed by atoms with Gasteiger partial charge in [-0.3, -0.25) is 9.69 Å². The minimum atomic E-state index is -0.528. The molecule has 0 aromatic heterocycles. The third-order valence-corrected chi connectivity index (χ3v) is 4.11. The third kappa shape index (κ3) is 2.43. The van der Waals surface area contributed by atoms with Crippen LogP contribution in [0.15, 0.2) is 18.2 Å². The maximum absolute atomic E-state index is 13.4. The summed E-state index contributed by atoms with van der Waals surface area (Å²) in [7, 11) is 1.47. The molecule has 0 spiro atoms. The first-order chi connectivity index (χ1) is 9.69. The van der Waals surface area contributed by atoms with Crippen molar-refractivity contribution in [2.75, 3.05) is 26.8 Å². The normalized spacial score (nSPS) is 26.3. The lowest BCUT2D eigenvalue weighted by Gasteiger charge is -2.34. The molecule has 0 radical (unpaired) electrons. The summed E-state index contributed by atoms with van der Waals surface area (Å²) in [4.78, 5) is 14.8. The van der Waals surface area contributed by atoms with Crippen molar-refractivity contribution in [1.29, 1.82) is 0 Å². The Balaban J connectivity index is 1.80. The van der Waals surface area contributed by atoms with E-state index in [4.69, 9.17) is 9.47 Å². The second-order valence-electron chi connectivity index (χ2n) is 5.32. The third-order valence-electron chi connectivity index (χ3n) is 4.11. The van der Waals surface area contributed by atoms with Gasteiger partial charge in [-0.25, -0.2) is 4.39 Å². The zero-order valence-corrected chi connectivity index (χ0v) is 11.5. The number of benzene rings is 1. The predicted molar refractivity (Wildman–Crippen MR) is 71.6 cm³/mol. The first-order valence-electron chi connectivity index (χ1n) is 6.92. The molecule has 0 aliphatic carbocycles. The van der Waals surface area contributed by atoms with Gasteiger partial charge in [0.15, 0.2) is 5.78 Å². The molecule has 0 bridgehead atoms. The van der Waals surface area contributed by atoms with E-state index < -0.39 is 11.9 Å². The summed E-state index contributed by atoms with van der Waals surface area (Å²) in [5.74, 6) is -0.251. The van der Waals surface area contributed by atoms with Gasteiger partial charge in [0.2, 0.25) is 0 Å². The van der Waals surface area contributed by atoms with Gasteiger partial charge in [0, 0.05) is 12.6 Å². The summed E-state index contributed by atoms with van der Waals surface area (Å²) in [5.41, 5.74) is 0.259. The largest absolute Gasteiger partial charge is 0.496 e. The van der Waals surface area contributed by atoms with Crippen molar-refractivity contribution >= 4 is 5.78 Å². The van der Waals surface area contributed by atoms with Gasteiger partial charge >= 0.3 is 0 Å². The summed E-state index contributed by atoms with van der Waals surface area (Å²) in [6, 6.07) is 4.42. The summed E-state index contributed by atoms with van der Waals surface area (Å²) < 4.78 is 24.2. The molecule has 5 heteroatoms. The van der Waals surface area contributed by atoms with E-state index in [9.17, 15) is 9.18 Å². The lowest BCUT2D eigenvalue weighted by atomic mass is 10.0. The van der Waals surface area contributed by atoms with E-state index in [1.807, 2.05) is 0 Å². The molecule has 2 aliphatic rings. The number of fused-ring (bicyclic) bond motifs is 1. The minimum absolute atomic E-state index is 0.202. The Bertz CT molecular complexity index is 520. The maximum Gasteiger partial charge on any atom is 0.196 e. The van der Waals surface area contributed by atoms with Gasteiger partial charge in [-0.1, -0.05) is 0 Å². The number of rotatable bonds is 3. The summed E-state index contributed by atoms with van der Waals surface area (Å²) in [5, 5.41) is 0. The van der Waals surface area contributed by atoms with E-state index in [1.165, 1.54) is 25.3 Å². The van der Waals surface area contributed by atoms with Crippen molar-refractivity contribution < 1.29 is 18.7 Å². The Hall–Kier alpha value is -1.46. The Kier molecular flexibility index (Phi) is 3.72. The average molecular weight is 279 g/mol. The highest BCUT2D eigenvalue weighted by Crippen LogP contribution is 2.27. The van der Waals surface area contributed by atoms with Crippen LogP contribution in [0.2, 0.25) is 0 Å². The molecular weight excluding hydrogens is 261 g/mol. The van der Waals surface area contributed by atoms with Crippen LogP contribution >= 0.6 is 0 Å². The summed E-state index contributed by atoms with van der Waals surface area (Å²) in [6.07, 6.45) is 1.75. The molecule has 20 heavy (non-hydrogen) atoms. The van der Waals surface area contributed by atoms with Crippen LogP contribution in [0.5, 0.6) is 5.75 Å². The van der Waals surface area contributed by atoms with E-state index in [1.54, 1.807) is 0 Å². The van der Waals surface area contributed by atoms with Crippen LogP contribution in [0.3, 0.4) is 0 Å². The number of methoxy groups -OCH3 is 1. The number of hydrogen-bond donors (Lipinski definition) is 0. The molecular formula is C15H18FNO3. The Morgan fingerprint density at radius 2 is 2.35 bits per heavy atom. The standard InChI is InChI=1S/C15H18FNO3/c1-19-13-5-4-10(16)7-12(13)15(18)14-8-17-6-2-3-11(17)9-20-14/h4-5,7,11,14H,2-3,6,8-9H2,1H3. The topological polar surface area (TPSA) is 38.8 Å². The maximum atomic E-state index is 13.4. The lowest BCUT2D eigenvalue weighted by Crippen LogP contribution is -2.49. The van der Waals surface area contributed by atoms with Crippen molar-refractivity contribution in [3.63, 3.8) is 0 Å². The number of ether oxygens (including phenoxy) is 2. The fourth-order valence-corrected chi connectivity index (χ4v) is 3.02. The molecule has 108 valence electrons. The Labute approximate surface area is 117 Å². The molecule has 0 amide bonds. The van der Waals surface area contributed by atoms with Crippen LogP contribution in [0.1, 0.15) is 23.2 Å². The van der Waals surface area contributed by atoms with E-state index in [2.05, 4.69) is 4.90 Å². The molecule has 2 saturated heterocycles. The van der Waals surface area contributed by atoms with Crippen LogP contribution in [0, 0.1) is 5.82 Å². The molecule has 2 heterocycles. The lowest BCUT2D eigenvalue weighted by molar-refractivity contribution is -0.0345. The number of carbonyl (C=O) groups is 1. The first kappa shape index (κ1) is 13.5. The van der Waals surface area contributed by atoms with Crippen LogP contribution in [0.4, 0.5) is 4.39 Å². The van der Waals surface area contributed by atoms with Crippen LogP contribution < -0.4 is 4.74 Å². The molecule has 3 rings (SSSR count). The van der Waals surface area contributed by atoms with Gasteiger partial charge < -0.3 is 9.47 Å². The molecule has 1 aromatic rings. The second-order valence-corrected chi connectivity index (χ2v) is 5.32. The van der Waals surface area contributed by atoms with Crippen LogP contribution in [0.25, 0.3) is 0 Å². The minimum Gasteiger partial charge on any atom is -0.496 e. The van der Waals surface area contributed by atoms with E-state index in [-0.39, 0.29) is 11.3 Å². The van der Waals surface area contributed by atoms with Crippen molar-refractivity contribution in [1.82, 2.24) is 4.90 Å². The highest BCUT2D eigenvalue weighted by atomic mass is 19.1. The quantitative estimate of drug-likeness (QED) is 0.792. The molecule has 2 atom stereocenters. The van der Waals surface area contributed by atoms with Gasteiger partial charge in [0.25, 0.3) is 0 Å². The smallest absolute Gasteiger partial charge is 0.196 e. The number of halogens is 1. The number of ketones is 1. The van der Waals surface area contributed by atoms with E-state index in [0.717, 1.165) is 19.4 Å². The second kappa shape index (κ2) is 5.50. The van der Waals surface area contributed by atoms with Gasteiger partial charge in [0.1, 0.15) is 17.7 Å². The molecule has 2 fully saturated rings. The van der Waals surface area contributed by atoms with E-state index >= 15 is 0 Å². The molecule has 4 nitrogen and oxygen atoms in total. The predicted octanol–water partition coefficient (Wildman–Crippen LogP) is 1.88. The molecule has 0 N–H and O–H groups in total. The SMILES string of the molecule is COc1ccc(F)cc1C(=O)C1CN2CCCC2CO1. The molecule has 2 aliphatic heterocycles. The summed E-state index contributed by atoms with van der Waals surface area (Å²) >= 11 is 0. The zero-order chi connectivity index (χ0) is 14.1.